The van der Waals surface area contributed by atoms with E-state index >= 15 is 0 Å². The van der Waals surface area contributed by atoms with Gasteiger partial charge < -0.3 is 19.9 Å². The maximum Gasteiger partial charge on any atom is 0.277 e. The molecule has 1 N–H and O–H groups in total. The van der Waals surface area contributed by atoms with Crippen molar-refractivity contribution in [3.63, 3.8) is 0 Å². The molecule has 2 amide bonds. The fourth-order valence-electron chi connectivity index (χ4n) is 3.93. The number of piperazine rings is 1. The molecule has 0 atom stereocenters. The zero-order valence-electron chi connectivity index (χ0n) is 18.9. The summed E-state index contributed by atoms with van der Waals surface area (Å²) in [5.74, 6) is 0.101. The maximum absolute atomic E-state index is 12.8. The number of rotatable bonds is 7. The van der Waals surface area contributed by atoms with Crippen LogP contribution in [0.4, 0.5) is 11.4 Å². The summed E-state index contributed by atoms with van der Waals surface area (Å²) in [6.07, 6.45) is 0.923. The minimum Gasteiger partial charge on any atom is -0.494 e. The van der Waals surface area contributed by atoms with Crippen molar-refractivity contribution in [2.75, 3.05) is 57.1 Å². The highest BCUT2D eigenvalue weighted by atomic mass is 16.5. The van der Waals surface area contributed by atoms with Gasteiger partial charge in [0.1, 0.15) is 11.4 Å². The van der Waals surface area contributed by atoms with Gasteiger partial charge in [-0.3, -0.25) is 14.5 Å². The topological polar surface area (TPSA) is 65.1 Å². The molecule has 1 fully saturated rings. The van der Waals surface area contributed by atoms with Gasteiger partial charge in [-0.2, -0.15) is 0 Å². The molecule has 0 unspecified atom stereocenters. The highest BCUT2D eigenvalue weighted by Gasteiger charge is 2.36. The molecular weight excluding hydrogens is 404 g/mol. The lowest BCUT2D eigenvalue weighted by Gasteiger charge is -2.34. The molecule has 2 aliphatic heterocycles. The zero-order chi connectivity index (χ0) is 22.7. The molecule has 7 heteroatoms. The molecule has 2 heterocycles. The van der Waals surface area contributed by atoms with Gasteiger partial charge in [-0.1, -0.05) is 19.1 Å². The van der Waals surface area contributed by atoms with Crippen molar-refractivity contribution in [1.82, 2.24) is 9.80 Å². The summed E-state index contributed by atoms with van der Waals surface area (Å²) >= 11 is 0. The number of hydrogen-bond donors (Lipinski definition) is 1. The van der Waals surface area contributed by atoms with Gasteiger partial charge in [-0.25, -0.2) is 0 Å². The van der Waals surface area contributed by atoms with Crippen LogP contribution < -0.4 is 15.0 Å². The average molecular weight is 435 g/mol. The number of ether oxygens (including phenoxy) is 1. The Morgan fingerprint density at radius 3 is 2.16 bits per heavy atom. The molecule has 32 heavy (non-hydrogen) atoms. The summed E-state index contributed by atoms with van der Waals surface area (Å²) in [6.45, 7) is 6.76. The van der Waals surface area contributed by atoms with Gasteiger partial charge in [0.05, 0.1) is 12.2 Å². The Morgan fingerprint density at radius 2 is 1.53 bits per heavy atom. The Kier molecular flexibility index (Phi) is 6.46. The third kappa shape index (κ3) is 4.48. The number of likely N-dealkylation sites (N-methyl/N-ethyl adjacent to an activating group) is 2. The Bertz CT molecular complexity index is 1010. The summed E-state index contributed by atoms with van der Waals surface area (Å²) in [4.78, 5) is 31.5. The largest absolute Gasteiger partial charge is 0.494 e. The summed E-state index contributed by atoms with van der Waals surface area (Å²) in [5.41, 5.74) is 3.30. The van der Waals surface area contributed by atoms with Crippen LogP contribution in [0.2, 0.25) is 0 Å². The predicted octanol–water partition coefficient (Wildman–Crippen LogP) is 3.05. The monoisotopic (exact) mass is 434 g/mol. The number of hydrogen-bond acceptors (Lipinski definition) is 6. The molecular formula is C25H30N4O3. The molecule has 2 aliphatic rings. The summed E-state index contributed by atoms with van der Waals surface area (Å²) in [6, 6.07) is 15.3. The van der Waals surface area contributed by atoms with E-state index in [2.05, 4.69) is 34.3 Å². The van der Waals surface area contributed by atoms with Crippen molar-refractivity contribution in [2.24, 2.45) is 0 Å². The van der Waals surface area contributed by atoms with Crippen LogP contribution in [0, 0.1) is 0 Å². The highest BCUT2D eigenvalue weighted by molar-refractivity contribution is 6.36. The highest BCUT2D eigenvalue weighted by Crippen LogP contribution is 2.31. The third-order valence-electron chi connectivity index (χ3n) is 5.91. The third-order valence-corrected chi connectivity index (χ3v) is 5.91. The van der Waals surface area contributed by atoms with Crippen LogP contribution in [0.1, 0.15) is 18.9 Å². The lowest BCUT2D eigenvalue weighted by atomic mass is 10.0. The first kappa shape index (κ1) is 21.9. The quantitative estimate of drug-likeness (QED) is 0.676. The molecule has 168 valence electrons. The molecule has 0 aromatic heterocycles. The summed E-state index contributed by atoms with van der Waals surface area (Å²) in [5, 5.41) is 3.20. The number of nitrogens with zero attached hydrogens (tertiary/aromatic N) is 3. The van der Waals surface area contributed by atoms with Crippen molar-refractivity contribution in [2.45, 2.75) is 13.3 Å². The Balaban J connectivity index is 1.56. The van der Waals surface area contributed by atoms with Crippen LogP contribution in [0.15, 0.2) is 54.2 Å². The second-order valence-electron chi connectivity index (χ2n) is 8.25. The van der Waals surface area contributed by atoms with Crippen molar-refractivity contribution in [1.29, 1.82) is 0 Å². The van der Waals surface area contributed by atoms with E-state index in [4.69, 9.17) is 4.74 Å². The first-order valence-corrected chi connectivity index (χ1v) is 11.1. The fourth-order valence-corrected chi connectivity index (χ4v) is 3.93. The number of amides is 2. The molecule has 2 aromatic rings. The van der Waals surface area contributed by atoms with Gasteiger partial charge in [-0.05, 0) is 55.4 Å². The van der Waals surface area contributed by atoms with Crippen LogP contribution in [0.5, 0.6) is 5.75 Å². The number of nitrogens with one attached hydrogen (secondary N) is 1. The second kappa shape index (κ2) is 9.44. The van der Waals surface area contributed by atoms with Crippen molar-refractivity contribution < 1.29 is 14.3 Å². The average Bonchev–Trinajstić information content (AvgIpc) is 3.02. The molecule has 0 saturated carbocycles. The summed E-state index contributed by atoms with van der Waals surface area (Å²) < 4.78 is 5.63. The van der Waals surface area contributed by atoms with E-state index in [1.165, 1.54) is 7.05 Å². The predicted molar refractivity (Wildman–Crippen MR) is 127 cm³/mol. The molecule has 0 bridgehead atoms. The van der Waals surface area contributed by atoms with E-state index in [0.29, 0.717) is 23.4 Å². The van der Waals surface area contributed by atoms with Gasteiger partial charge in [0.2, 0.25) is 0 Å². The standard InChI is InChI=1S/C25H30N4O3/c1-4-17-32-21-11-5-18(6-12-21)22-23(25(31)28(3)24(22)30)26-19-7-9-20(10-8-19)29-15-13-27(2)14-16-29/h5-12,26H,4,13-17H2,1-3H3. The van der Waals surface area contributed by atoms with Crippen LogP contribution in [-0.4, -0.2) is 68.5 Å². The van der Waals surface area contributed by atoms with E-state index < -0.39 is 0 Å². The number of carbonyl (C=O) groups excluding carboxylic acids is 2. The van der Waals surface area contributed by atoms with Crippen LogP contribution in [0.25, 0.3) is 5.57 Å². The Morgan fingerprint density at radius 1 is 0.875 bits per heavy atom. The summed E-state index contributed by atoms with van der Waals surface area (Å²) in [7, 11) is 3.65. The second-order valence-corrected chi connectivity index (χ2v) is 8.25. The first-order chi connectivity index (χ1) is 15.5. The van der Waals surface area contributed by atoms with E-state index in [0.717, 1.165) is 54.6 Å². The SMILES string of the molecule is CCCOc1ccc(C2=C(Nc3ccc(N4CCN(C)CC4)cc3)C(=O)N(C)C2=O)cc1. The smallest absolute Gasteiger partial charge is 0.277 e. The van der Waals surface area contributed by atoms with E-state index in [1.807, 2.05) is 43.3 Å². The van der Waals surface area contributed by atoms with Gasteiger partial charge in [0.25, 0.3) is 11.8 Å². The number of imide groups is 1. The van der Waals surface area contributed by atoms with E-state index in [9.17, 15) is 9.59 Å². The van der Waals surface area contributed by atoms with E-state index in [1.54, 1.807) is 0 Å². The normalized spacial score (nSPS) is 17.3. The van der Waals surface area contributed by atoms with Crippen molar-refractivity contribution in [3.05, 3.63) is 59.8 Å². The molecule has 0 aliphatic carbocycles. The molecule has 0 spiro atoms. The first-order valence-electron chi connectivity index (χ1n) is 11.1. The zero-order valence-corrected chi connectivity index (χ0v) is 18.9. The molecule has 0 radical (unpaired) electrons. The number of anilines is 2. The fraction of sp³-hybridized carbons (Fsp3) is 0.360. The minimum absolute atomic E-state index is 0.298. The van der Waals surface area contributed by atoms with Crippen molar-refractivity contribution in [3.8, 4) is 5.75 Å². The molecule has 4 rings (SSSR count). The van der Waals surface area contributed by atoms with Gasteiger partial charge in [0.15, 0.2) is 0 Å². The van der Waals surface area contributed by atoms with Crippen LogP contribution in [0.3, 0.4) is 0 Å². The lowest BCUT2D eigenvalue weighted by molar-refractivity contribution is -0.135. The molecule has 7 nitrogen and oxygen atoms in total. The van der Waals surface area contributed by atoms with Gasteiger partial charge in [0, 0.05) is 44.6 Å². The minimum atomic E-state index is -0.334. The Labute approximate surface area is 189 Å². The number of carbonyl (C=O) groups is 2. The molecule has 1 saturated heterocycles. The molecule has 2 aromatic carbocycles. The Hall–Kier alpha value is -3.32. The van der Waals surface area contributed by atoms with Crippen LogP contribution >= 0.6 is 0 Å². The van der Waals surface area contributed by atoms with Crippen molar-refractivity contribution >= 4 is 28.8 Å². The van der Waals surface area contributed by atoms with E-state index in [-0.39, 0.29) is 11.8 Å². The lowest BCUT2D eigenvalue weighted by Crippen LogP contribution is -2.44. The maximum atomic E-state index is 12.8. The van der Waals surface area contributed by atoms with Gasteiger partial charge >= 0.3 is 0 Å². The number of benzene rings is 2. The van der Waals surface area contributed by atoms with Crippen LogP contribution in [-0.2, 0) is 9.59 Å². The van der Waals surface area contributed by atoms with Gasteiger partial charge in [-0.15, -0.1) is 0 Å².